The summed E-state index contributed by atoms with van der Waals surface area (Å²) < 4.78 is 27.4. The third-order valence-corrected chi connectivity index (χ3v) is 6.54. The fourth-order valence-electron chi connectivity index (χ4n) is 1.29. The first kappa shape index (κ1) is 13.8. The van der Waals surface area contributed by atoms with Crippen molar-refractivity contribution in [2.45, 2.75) is 11.1 Å². The summed E-state index contributed by atoms with van der Waals surface area (Å²) in [4.78, 5) is 3.90. The third kappa shape index (κ3) is 2.85. The minimum atomic E-state index is -3.59. The number of aryl methyl sites for hydroxylation is 1. The number of anilines is 1. The summed E-state index contributed by atoms with van der Waals surface area (Å²) in [6, 6.07) is 3.32. The largest absolute Gasteiger partial charge is 0.277 e. The van der Waals surface area contributed by atoms with Gasteiger partial charge in [-0.15, -0.1) is 11.3 Å². The van der Waals surface area contributed by atoms with Crippen LogP contribution in [0.4, 0.5) is 5.69 Å². The van der Waals surface area contributed by atoms with Crippen LogP contribution in [0, 0.1) is 6.92 Å². The van der Waals surface area contributed by atoms with E-state index >= 15 is 0 Å². The molecule has 0 radical (unpaired) electrons. The molecule has 0 aliphatic rings. The van der Waals surface area contributed by atoms with Gasteiger partial charge in [-0.1, -0.05) is 11.6 Å². The smallest absolute Gasteiger partial charge is 0.272 e. The predicted molar refractivity (Wildman–Crippen MR) is 76.8 cm³/mol. The van der Waals surface area contributed by atoms with E-state index in [1.54, 1.807) is 24.4 Å². The highest BCUT2D eigenvalue weighted by Crippen LogP contribution is 2.29. The molecule has 0 bridgehead atoms. The van der Waals surface area contributed by atoms with Crippen molar-refractivity contribution in [1.29, 1.82) is 0 Å². The molecule has 0 atom stereocenters. The Balaban J connectivity index is 2.34. The lowest BCUT2D eigenvalue weighted by molar-refractivity contribution is 0.603. The van der Waals surface area contributed by atoms with Crippen molar-refractivity contribution in [2.24, 2.45) is 0 Å². The van der Waals surface area contributed by atoms with E-state index in [1.165, 1.54) is 6.20 Å². The second-order valence-electron chi connectivity index (χ2n) is 3.49. The average molecular weight is 368 g/mol. The Morgan fingerprint density at radius 3 is 2.78 bits per heavy atom. The van der Waals surface area contributed by atoms with Crippen LogP contribution in [0.2, 0.25) is 5.15 Å². The molecule has 0 aliphatic carbocycles. The number of hydrogen-bond acceptors (Lipinski definition) is 4. The average Bonchev–Trinajstić information content (AvgIpc) is 2.70. The topological polar surface area (TPSA) is 59.1 Å². The van der Waals surface area contributed by atoms with Gasteiger partial charge in [-0.05, 0) is 45.9 Å². The molecule has 4 nitrogen and oxygen atoms in total. The number of sulfonamides is 1. The number of nitrogens with zero attached hydrogens (tertiary/aromatic N) is 1. The van der Waals surface area contributed by atoms with Gasteiger partial charge in [-0.25, -0.2) is 13.4 Å². The van der Waals surface area contributed by atoms with Crippen LogP contribution in [0.5, 0.6) is 0 Å². The zero-order valence-electron chi connectivity index (χ0n) is 9.15. The highest BCUT2D eigenvalue weighted by Gasteiger charge is 2.19. The molecule has 2 rings (SSSR count). The lowest BCUT2D eigenvalue weighted by Crippen LogP contribution is -2.12. The Bertz CT molecular complexity index is 685. The van der Waals surface area contributed by atoms with Crippen molar-refractivity contribution in [3.05, 3.63) is 38.9 Å². The Hall–Kier alpha value is -0.630. The van der Waals surface area contributed by atoms with Crippen molar-refractivity contribution < 1.29 is 8.42 Å². The lowest BCUT2D eigenvalue weighted by Gasteiger charge is -2.07. The molecule has 1 N–H and O–H groups in total. The van der Waals surface area contributed by atoms with Crippen LogP contribution in [0.25, 0.3) is 0 Å². The quantitative estimate of drug-likeness (QED) is 0.842. The van der Waals surface area contributed by atoms with E-state index in [2.05, 4.69) is 25.6 Å². The number of halogens is 2. The molecule has 0 amide bonds. The molecule has 0 unspecified atom stereocenters. The summed E-state index contributed by atoms with van der Waals surface area (Å²) in [6.45, 7) is 1.76. The Morgan fingerprint density at radius 1 is 1.50 bits per heavy atom. The molecule has 0 aromatic carbocycles. The number of pyridine rings is 1. The van der Waals surface area contributed by atoms with Gasteiger partial charge in [0, 0.05) is 4.47 Å². The molecule has 2 heterocycles. The fourth-order valence-corrected chi connectivity index (χ4v) is 4.76. The first-order valence-electron chi connectivity index (χ1n) is 4.78. The fraction of sp³-hybridized carbons (Fsp3) is 0.100. The summed E-state index contributed by atoms with van der Waals surface area (Å²) in [7, 11) is -3.59. The van der Waals surface area contributed by atoms with Crippen molar-refractivity contribution in [3.63, 3.8) is 0 Å². The SMILES string of the molecule is Cc1cc(NS(=O)(=O)c2sccc2Br)cnc1Cl. The minimum Gasteiger partial charge on any atom is -0.277 e. The van der Waals surface area contributed by atoms with Crippen LogP contribution in [0.1, 0.15) is 5.56 Å². The van der Waals surface area contributed by atoms with Gasteiger partial charge in [-0.3, -0.25) is 4.72 Å². The van der Waals surface area contributed by atoms with Gasteiger partial charge in [-0.2, -0.15) is 0 Å². The molecule has 2 aromatic rings. The number of aromatic nitrogens is 1. The zero-order chi connectivity index (χ0) is 13.3. The molecular weight excluding hydrogens is 360 g/mol. The minimum absolute atomic E-state index is 0.232. The van der Waals surface area contributed by atoms with Gasteiger partial charge in [0.05, 0.1) is 11.9 Å². The molecule has 8 heteroatoms. The van der Waals surface area contributed by atoms with Crippen molar-refractivity contribution >= 4 is 54.6 Å². The normalized spacial score (nSPS) is 11.5. The summed E-state index contributed by atoms with van der Waals surface area (Å²) in [5.74, 6) is 0. The molecule has 0 aliphatic heterocycles. The van der Waals surface area contributed by atoms with Crippen LogP contribution >= 0.6 is 38.9 Å². The molecule has 18 heavy (non-hydrogen) atoms. The van der Waals surface area contributed by atoms with E-state index in [0.29, 0.717) is 20.9 Å². The summed E-state index contributed by atoms with van der Waals surface area (Å²) in [5, 5.41) is 2.06. The van der Waals surface area contributed by atoms with Gasteiger partial charge in [0.25, 0.3) is 10.0 Å². The van der Waals surface area contributed by atoms with Gasteiger partial charge in [0.15, 0.2) is 4.21 Å². The van der Waals surface area contributed by atoms with Gasteiger partial charge in [0.1, 0.15) is 5.15 Å². The second kappa shape index (κ2) is 5.16. The Labute approximate surface area is 122 Å². The van der Waals surface area contributed by atoms with Gasteiger partial charge >= 0.3 is 0 Å². The molecule has 2 aromatic heterocycles. The molecule has 96 valence electrons. The maximum absolute atomic E-state index is 12.1. The van der Waals surface area contributed by atoms with Gasteiger partial charge in [0.2, 0.25) is 0 Å². The van der Waals surface area contributed by atoms with Crippen LogP contribution in [0.3, 0.4) is 0 Å². The molecule has 0 saturated heterocycles. The van der Waals surface area contributed by atoms with Crippen LogP contribution in [0.15, 0.2) is 32.4 Å². The van der Waals surface area contributed by atoms with E-state index in [0.717, 1.165) is 11.3 Å². The molecule has 0 spiro atoms. The first-order chi connectivity index (χ1) is 8.40. The molecular formula is C10H8BrClN2O2S2. The standard InChI is InChI=1S/C10H8BrClN2O2S2/c1-6-4-7(5-13-9(6)12)14-18(15,16)10-8(11)2-3-17-10/h2-5,14H,1H3. The Morgan fingerprint density at radius 2 is 2.22 bits per heavy atom. The lowest BCUT2D eigenvalue weighted by atomic mass is 10.3. The molecule has 0 fully saturated rings. The maximum atomic E-state index is 12.1. The van der Waals surface area contributed by atoms with E-state index in [9.17, 15) is 8.42 Å². The monoisotopic (exact) mass is 366 g/mol. The number of hydrogen-bond donors (Lipinski definition) is 1. The highest BCUT2D eigenvalue weighted by molar-refractivity contribution is 9.10. The van der Waals surface area contributed by atoms with E-state index < -0.39 is 10.0 Å². The van der Waals surface area contributed by atoms with Crippen LogP contribution < -0.4 is 4.72 Å². The molecule has 0 saturated carbocycles. The van der Waals surface area contributed by atoms with Crippen molar-refractivity contribution in [1.82, 2.24) is 4.98 Å². The second-order valence-corrected chi connectivity index (χ2v) is 7.50. The number of rotatable bonds is 3. The van der Waals surface area contributed by atoms with E-state index in [4.69, 9.17) is 11.6 Å². The Kier molecular flexibility index (Phi) is 3.96. The van der Waals surface area contributed by atoms with Crippen LogP contribution in [-0.2, 0) is 10.0 Å². The summed E-state index contributed by atoms with van der Waals surface area (Å²) in [5.41, 5.74) is 1.10. The number of nitrogens with one attached hydrogen (secondary N) is 1. The first-order valence-corrected chi connectivity index (χ1v) is 8.31. The number of thiophene rings is 1. The third-order valence-electron chi connectivity index (χ3n) is 2.10. The van der Waals surface area contributed by atoms with E-state index in [-0.39, 0.29) is 4.21 Å². The maximum Gasteiger partial charge on any atom is 0.272 e. The van der Waals surface area contributed by atoms with Crippen molar-refractivity contribution in [2.75, 3.05) is 4.72 Å². The summed E-state index contributed by atoms with van der Waals surface area (Å²) >= 11 is 10.1. The highest BCUT2D eigenvalue weighted by atomic mass is 79.9. The van der Waals surface area contributed by atoms with E-state index in [1.807, 2.05) is 0 Å². The van der Waals surface area contributed by atoms with Crippen molar-refractivity contribution in [3.8, 4) is 0 Å². The van der Waals surface area contributed by atoms with Gasteiger partial charge < -0.3 is 0 Å². The predicted octanol–water partition coefficient (Wildman–Crippen LogP) is 3.67. The van der Waals surface area contributed by atoms with Crippen LogP contribution in [-0.4, -0.2) is 13.4 Å². The summed E-state index contributed by atoms with van der Waals surface area (Å²) in [6.07, 6.45) is 1.38. The zero-order valence-corrected chi connectivity index (χ0v) is 13.1.